The zero-order chi connectivity index (χ0) is 51.7. The van der Waals surface area contributed by atoms with Crippen LogP contribution in [0.3, 0.4) is 0 Å². The lowest BCUT2D eigenvalue weighted by Crippen LogP contribution is -2.11. The van der Waals surface area contributed by atoms with Crippen molar-refractivity contribution in [3.8, 4) is 22.3 Å². The molecule has 0 atom stereocenters. The van der Waals surface area contributed by atoms with E-state index in [1.165, 1.54) is 20.2 Å². The van der Waals surface area contributed by atoms with Crippen LogP contribution in [-0.2, 0) is 0 Å². The third kappa shape index (κ3) is 7.00. The maximum absolute atomic E-state index is 6.97. The number of thiophene rings is 2. The monoisotopic (exact) mass is 1050 g/mol. The van der Waals surface area contributed by atoms with Gasteiger partial charge in [0.05, 0.1) is 22.7 Å². The van der Waals surface area contributed by atoms with E-state index < -0.39 is 0 Å². The van der Waals surface area contributed by atoms with Crippen LogP contribution in [0.25, 0.3) is 130 Å². The highest BCUT2D eigenvalue weighted by Gasteiger charge is 2.26. The number of hydrogen-bond donors (Lipinski definition) is 0. The first-order chi connectivity index (χ1) is 39.1. The largest absolute Gasteiger partial charge is 0.456 e. The lowest BCUT2D eigenvalue weighted by molar-refractivity contribution is 0.668. The fourth-order valence-electron chi connectivity index (χ4n) is 12.2. The molecule has 17 rings (SSSR count). The van der Waals surface area contributed by atoms with Crippen LogP contribution in [0, 0.1) is 0 Å². The molecule has 5 heterocycles. The molecule has 0 bridgehead atoms. The normalized spacial score (nSPS) is 12.1. The Morgan fingerprint density at radius 1 is 0.266 bits per heavy atom. The van der Waals surface area contributed by atoms with Crippen LogP contribution in [0.1, 0.15) is 0 Å². The van der Waals surface area contributed by atoms with Gasteiger partial charge in [0.1, 0.15) is 22.3 Å². The number of nitrogens with zero attached hydrogens (tertiary/aromatic N) is 2. The molecule has 0 saturated carbocycles. The van der Waals surface area contributed by atoms with Crippen LogP contribution in [0.2, 0.25) is 0 Å². The molecule has 5 nitrogen and oxygen atoms in total. The van der Waals surface area contributed by atoms with E-state index in [2.05, 4.69) is 251 Å². The van der Waals surface area contributed by atoms with Crippen LogP contribution < -0.4 is 9.80 Å². The van der Waals surface area contributed by atoms with Gasteiger partial charge >= 0.3 is 0 Å². The van der Waals surface area contributed by atoms with Crippen molar-refractivity contribution in [2.75, 3.05) is 9.80 Å². The molecule has 0 aliphatic carbocycles. The van der Waals surface area contributed by atoms with Crippen molar-refractivity contribution in [1.82, 2.24) is 0 Å². The van der Waals surface area contributed by atoms with E-state index in [0.717, 1.165) is 144 Å². The van der Waals surface area contributed by atoms with Gasteiger partial charge in [-0.25, -0.2) is 0 Å². The van der Waals surface area contributed by atoms with Crippen molar-refractivity contribution in [2.24, 2.45) is 0 Å². The predicted molar refractivity (Wildman–Crippen MR) is 334 cm³/mol. The SMILES string of the molecule is c1ccc(-c2cc3ccsc3cc2N(c2ccc3cc4c(cc3c2)oc2cc3cc(N(c5cc6sccc6cc5-c5ccccc5)c5cccc6c5oc5ccccc56)ccc3cc24)c2cccc3c2oc2ccccc23)cc1. The van der Waals surface area contributed by atoms with Gasteiger partial charge in [-0.3, -0.25) is 0 Å². The minimum Gasteiger partial charge on any atom is -0.456 e. The van der Waals surface area contributed by atoms with E-state index in [0.29, 0.717) is 0 Å². The molecule has 0 amide bonds. The third-order valence-corrected chi connectivity index (χ3v) is 17.7. The quantitative estimate of drug-likeness (QED) is 0.152. The number of furan rings is 3. The summed E-state index contributed by atoms with van der Waals surface area (Å²) in [6.45, 7) is 0. The van der Waals surface area contributed by atoms with Crippen molar-refractivity contribution >= 4 is 164 Å². The Kier molecular flexibility index (Phi) is 9.68. The molecular weight excluding hydrogens is 1000 g/mol. The Labute approximate surface area is 460 Å². The second-order valence-corrected chi connectivity index (χ2v) is 22.3. The van der Waals surface area contributed by atoms with Crippen molar-refractivity contribution < 1.29 is 13.3 Å². The van der Waals surface area contributed by atoms with Gasteiger partial charge < -0.3 is 23.1 Å². The predicted octanol–water partition coefficient (Wildman–Crippen LogP) is 22.4. The van der Waals surface area contributed by atoms with Gasteiger partial charge in [0, 0.05) is 64.2 Å². The topological polar surface area (TPSA) is 45.9 Å². The van der Waals surface area contributed by atoms with Gasteiger partial charge in [-0.15, -0.1) is 22.7 Å². The van der Waals surface area contributed by atoms with E-state index in [1.54, 1.807) is 22.7 Å². The molecule has 0 aliphatic rings. The van der Waals surface area contributed by atoms with Crippen molar-refractivity contribution in [1.29, 1.82) is 0 Å². The molecule has 79 heavy (non-hydrogen) atoms. The third-order valence-electron chi connectivity index (χ3n) is 15.9. The minimum atomic E-state index is 0.834. The molecule has 0 unspecified atom stereocenters. The number of benzene rings is 12. The molecule has 0 spiro atoms. The average molecular weight is 1050 g/mol. The Balaban J connectivity index is 0.841. The summed E-state index contributed by atoms with van der Waals surface area (Å²) in [6, 6.07) is 87.4. The summed E-state index contributed by atoms with van der Waals surface area (Å²) >= 11 is 3.52. The molecule has 0 saturated heterocycles. The fourth-order valence-corrected chi connectivity index (χ4v) is 13.8. The summed E-state index contributed by atoms with van der Waals surface area (Å²) in [5.41, 5.74) is 15.7. The zero-order valence-corrected chi connectivity index (χ0v) is 43.8. The van der Waals surface area contributed by atoms with E-state index in [9.17, 15) is 0 Å². The first kappa shape index (κ1) is 44.2. The summed E-state index contributed by atoms with van der Waals surface area (Å²) in [6.07, 6.45) is 0. The maximum Gasteiger partial charge on any atom is 0.159 e. The first-order valence-electron chi connectivity index (χ1n) is 26.5. The van der Waals surface area contributed by atoms with Gasteiger partial charge in [-0.05, 0) is 163 Å². The van der Waals surface area contributed by atoms with Gasteiger partial charge in [-0.1, -0.05) is 133 Å². The maximum atomic E-state index is 6.97. The second-order valence-electron chi connectivity index (χ2n) is 20.4. The van der Waals surface area contributed by atoms with Gasteiger partial charge in [0.15, 0.2) is 11.2 Å². The lowest BCUT2D eigenvalue weighted by atomic mass is 9.99. The van der Waals surface area contributed by atoms with E-state index in [4.69, 9.17) is 13.3 Å². The molecule has 17 aromatic rings. The molecule has 0 fully saturated rings. The molecule has 0 aliphatic heterocycles. The summed E-state index contributed by atoms with van der Waals surface area (Å²) in [4.78, 5) is 4.77. The fraction of sp³-hybridized carbons (Fsp3) is 0. The number of anilines is 6. The van der Waals surface area contributed by atoms with Crippen LogP contribution in [0.4, 0.5) is 34.1 Å². The molecule has 7 heteroatoms. The van der Waals surface area contributed by atoms with Crippen molar-refractivity contribution in [3.63, 3.8) is 0 Å². The van der Waals surface area contributed by atoms with Crippen LogP contribution in [-0.4, -0.2) is 0 Å². The van der Waals surface area contributed by atoms with Crippen molar-refractivity contribution in [3.05, 3.63) is 253 Å². The Morgan fingerprint density at radius 3 is 1.19 bits per heavy atom. The van der Waals surface area contributed by atoms with Gasteiger partial charge in [0.2, 0.25) is 0 Å². The number of para-hydroxylation sites is 4. The Bertz CT molecular complexity index is 4970. The molecule has 12 aromatic carbocycles. The molecule has 370 valence electrons. The van der Waals surface area contributed by atoms with Crippen LogP contribution in [0.15, 0.2) is 267 Å². The van der Waals surface area contributed by atoms with E-state index in [1.807, 2.05) is 12.1 Å². The minimum absolute atomic E-state index is 0.834. The summed E-state index contributed by atoms with van der Waals surface area (Å²) in [5, 5.41) is 17.7. The molecule has 0 N–H and O–H groups in total. The van der Waals surface area contributed by atoms with Gasteiger partial charge in [0.25, 0.3) is 0 Å². The number of rotatable bonds is 8. The molecule has 5 aromatic heterocycles. The highest BCUT2D eigenvalue weighted by Crippen LogP contribution is 2.50. The highest BCUT2D eigenvalue weighted by molar-refractivity contribution is 7.17. The standard InChI is InChI=1S/C72H42N2O3S2/c1-3-13-43(14-4-1)57-37-47-29-31-78-69(47)41-63(57)73(61-21-11-19-55-53-17-7-9-23-65(53)76-71(55)61)51-27-25-45-35-59-60-36-46-26-28-52(34-50(46)40-68(60)75-67(59)39-49(45)33-51)74(62-22-12-20-56-54-18-8-10-24-66(54)77-72(56)62)64-42-70-48(30-32-79-70)38-58(64)44-15-5-2-6-16-44/h1-42H. The number of hydrogen-bond acceptors (Lipinski definition) is 7. The van der Waals surface area contributed by atoms with Crippen LogP contribution >= 0.6 is 22.7 Å². The number of fused-ring (bicyclic) bond motifs is 13. The molecule has 0 radical (unpaired) electrons. The van der Waals surface area contributed by atoms with Crippen molar-refractivity contribution in [2.45, 2.75) is 0 Å². The van der Waals surface area contributed by atoms with E-state index >= 15 is 0 Å². The Hall–Kier alpha value is -9.92. The molecular formula is C72H42N2O3S2. The summed E-state index contributed by atoms with van der Waals surface area (Å²) in [7, 11) is 0. The Morgan fingerprint density at radius 2 is 0.709 bits per heavy atom. The van der Waals surface area contributed by atoms with E-state index in [-0.39, 0.29) is 0 Å². The first-order valence-corrected chi connectivity index (χ1v) is 28.3. The summed E-state index contributed by atoms with van der Waals surface area (Å²) < 4.78 is 23.0. The lowest BCUT2D eigenvalue weighted by Gasteiger charge is -2.28. The average Bonchev–Trinajstić information content (AvgIpc) is 4.55. The second kappa shape index (κ2) is 17.3. The highest BCUT2D eigenvalue weighted by atomic mass is 32.1. The summed E-state index contributed by atoms with van der Waals surface area (Å²) in [5.74, 6) is 0. The zero-order valence-electron chi connectivity index (χ0n) is 42.2. The van der Waals surface area contributed by atoms with Crippen LogP contribution in [0.5, 0.6) is 0 Å². The smallest absolute Gasteiger partial charge is 0.159 e. The van der Waals surface area contributed by atoms with Gasteiger partial charge in [-0.2, -0.15) is 0 Å².